The zero-order valence-corrected chi connectivity index (χ0v) is 13.5. The van der Waals surface area contributed by atoms with Gasteiger partial charge in [-0.25, -0.2) is 0 Å². The third-order valence-corrected chi connectivity index (χ3v) is 6.59. The number of piperidine rings is 1. The number of hydrogen-bond donors (Lipinski definition) is 0. The van der Waals surface area contributed by atoms with Crippen molar-refractivity contribution in [3.63, 3.8) is 0 Å². The molecule has 1 aromatic heterocycles. The van der Waals surface area contributed by atoms with Crippen molar-refractivity contribution in [2.24, 2.45) is 0 Å². The summed E-state index contributed by atoms with van der Waals surface area (Å²) in [7, 11) is -1.64. The molecule has 1 aromatic rings. The molecule has 2 heterocycles. The van der Waals surface area contributed by atoms with Crippen LogP contribution in [0.5, 0.6) is 0 Å². The SMILES string of the molecule is CN(Cc1ccc(Br)s1)S(=O)(=O)N1CCCCC1. The minimum absolute atomic E-state index is 0.440. The second-order valence-electron chi connectivity index (χ2n) is 4.43. The Balaban J connectivity index is 2.04. The Bertz CT molecular complexity index is 495. The first-order valence-electron chi connectivity index (χ1n) is 5.96. The molecule has 0 aliphatic carbocycles. The predicted molar refractivity (Wildman–Crippen MR) is 77.8 cm³/mol. The van der Waals surface area contributed by atoms with Crippen LogP contribution < -0.4 is 0 Å². The number of thiophene rings is 1. The average Bonchev–Trinajstić information content (AvgIpc) is 2.76. The quantitative estimate of drug-likeness (QED) is 0.835. The molecule has 0 unspecified atom stereocenters. The van der Waals surface area contributed by atoms with Crippen molar-refractivity contribution in [1.29, 1.82) is 0 Å². The van der Waals surface area contributed by atoms with Crippen molar-refractivity contribution in [3.8, 4) is 0 Å². The highest BCUT2D eigenvalue weighted by Gasteiger charge is 2.28. The molecule has 1 aliphatic heterocycles. The number of nitrogens with zero attached hydrogens (tertiary/aromatic N) is 2. The minimum atomic E-state index is -3.29. The lowest BCUT2D eigenvalue weighted by Gasteiger charge is -2.29. The van der Waals surface area contributed by atoms with Gasteiger partial charge in [0.1, 0.15) is 0 Å². The monoisotopic (exact) mass is 352 g/mol. The Morgan fingerprint density at radius 3 is 2.56 bits per heavy atom. The zero-order chi connectivity index (χ0) is 13.2. The van der Waals surface area contributed by atoms with Gasteiger partial charge in [0.05, 0.1) is 3.79 Å². The van der Waals surface area contributed by atoms with Crippen LogP contribution in [0.4, 0.5) is 0 Å². The van der Waals surface area contributed by atoms with Crippen molar-refractivity contribution in [1.82, 2.24) is 8.61 Å². The van der Waals surface area contributed by atoms with Crippen LogP contribution in [0.2, 0.25) is 0 Å². The molecule has 0 aromatic carbocycles. The fourth-order valence-electron chi connectivity index (χ4n) is 2.03. The van der Waals surface area contributed by atoms with E-state index in [2.05, 4.69) is 15.9 Å². The molecule has 0 bridgehead atoms. The Kier molecular flexibility index (Phi) is 4.82. The first-order chi connectivity index (χ1) is 8.50. The average molecular weight is 353 g/mol. The van der Waals surface area contributed by atoms with Gasteiger partial charge in [0.2, 0.25) is 0 Å². The van der Waals surface area contributed by atoms with Crippen LogP contribution in [0.1, 0.15) is 24.1 Å². The second-order valence-corrected chi connectivity index (χ2v) is 9.01. The van der Waals surface area contributed by atoms with Crippen LogP contribution in [0.15, 0.2) is 15.9 Å². The fraction of sp³-hybridized carbons (Fsp3) is 0.636. The van der Waals surface area contributed by atoms with Gasteiger partial charge in [0, 0.05) is 31.6 Å². The maximum Gasteiger partial charge on any atom is 0.282 e. The molecule has 1 fully saturated rings. The van der Waals surface area contributed by atoms with Crippen LogP contribution in [0, 0.1) is 0 Å². The van der Waals surface area contributed by atoms with Crippen LogP contribution in [-0.4, -0.2) is 37.2 Å². The van der Waals surface area contributed by atoms with Gasteiger partial charge >= 0.3 is 0 Å². The first-order valence-corrected chi connectivity index (χ1v) is 8.96. The van der Waals surface area contributed by atoms with Crippen LogP contribution in [0.25, 0.3) is 0 Å². The molecule has 4 nitrogen and oxygen atoms in total. The lowest BCUT2D eigenvalue weighted by Crippen LogP contribution is -2.43. The summed E-state index contributed by atoms with van der Waals surface area (Å²) >= 11 is 4.96. The van der Waals surface area contributed by atoms with Crippen molar-refractivity contribution < 1.29 is 8.42 Å². The Labute approximate surface area is 121 Å². The molecule has 0 N–H and O–H groups in total. The van der Waals surface area contributed by atoms with E-state index < -0.39 is 10.2 Å². The summed E-state index contributed by atoms with van der Waals surface area (Å²) in [6.07, 6.45) is 3.07. The van der Waals surface area contributed by atoms with E-state index in [0.29, 0.717) is 19.6 Å². The van der Waals surface area contributed by atoms with Gasteiger partial charge in [0.15, 0.2) is 0 Å². The summed E-state index contributed by atoms with van der Waals surface area (Å²) in [4.78, 5) is 1.05. The predicted octanol–water partition coefficient (Wildman–Crippen LogP) is 2.67. The number of rotatable bonds is 4. The maximum atomic E-state index is 12.3. The van der Waals surface area contributed by atoms with Gasteiger partial charge in [-0.05, 0) is 40.9 Å². The topological polar surface area (TPSA) is 40.6 Å². The Hall–Kier alpha value is 0.0500. The van der Waals surface area contributed by atoms with Gasteiger partial charge < -0.3 is 0 Å². The lowest BCUT2D eigenvalue weighted by molar-refractivity contribution is 0.314. The highest BCUT2D eigenvalue weighted by Crippen LogP contribution is 2.24. The fourth-order valence-corrected chi connectivity index (χ4v) is 5.07. The summed E-state index contributed by atoms with van der Waals surface area (Å²) < 4.78 is 28.7. The highest BCUT2D eigenvalue weighted by atomic mass is 79.9. The molecule has 102 valence electrons. The molecule has 18 heavy (non-hydrogen) atoms. The molecule has 1 saturated heterocycles. The normalized spacial score (nSPS) is 18.4. The van der Waals surface area contributed by atoms with Crippen molar-refractivity contribution in [2.75, 3.05) is 20.1 Å². The summed E-state index contributed by atoms with van der Waals surface area (Å²) in [6, 6.07) is 3.90. The van der Waals surface area contributed by atoms with Crippen LogP contribution in [0.3, 0.4) is 0 Å². The maximum absolute atomic E-state index is 12.3. The third kappa shape index (κ3) is 3.33. The van der Waals surface area contributed by atoms with Crippen LogP contribution in [-0.2, 0) is 16.8 Å². The number of hydrogen-bond acceptors (Lipinski definition) is 3. The van der Waals surface area contributed by atoms with Crippen molar-refractivity contribution in [2.45, 2.75) is 25.8 Å². The lowest BCUT2D eigenvalue weighted by atomic mass is 10.2. The molecule has 0 spiro atoms. The molecule has 7 heteroatoms. The van der Waals surface area contributed by atoms with Gasteiger partial charge in [-0.1, -0.05) is 6.42 Å². The van der Waals surface area contributed by atoms with Crippen molar-refractivity contribution >= 4 is 37.5 Å². The molecule has 0 atom stereocenters. The summed E-state index contributed by atoms with van der Waals surface area (Å²) in [6.45, 7) is 1.75. The van der Waals surface area contributed by atoms with E-state index in [1.807, 2.05) is 12.1 Å². The molecular formula is C11H17BrN2O2S2. The second kappa shape index (κ2) is 6.00. The smallest absolute Gasteiger partial charge is 0.195 e. The Morgan fingerprint density at radius 2 is 2.00 bits per heavy atom. The molecule has 1 aliphatic rings. The van der Waals surface area contributed by atoms with E-state index in [0.717, 1.165) is 27.9 Å². The summed E-state index contributed by atoms with van der Waals surface area (Å²) in [5.74, 6) is 0. The van der Waals surface area contributed by atoms with Gasteiger partial charge in [-0.2, -0.15) is 17.0 Å². The van der Waals surface area contributed by atoms with E-state index in [9.17, 15) is 8.42 Å². The van der Waals surface area contributed by atoms with E-state index >= 15 is 0 Å². The Morgan fingerprint density at radius 1 is 1.33 bits per heavy atom. The summed E-state index contributed by atoms with van der Waals surface area (Å²) in [5.41, 5.74) is 0. The number of halogens is 1. The van der Waals surface area contributed by atoms with E-state index in [1.54, 1.807) is 22.7 Å². The van der Waals surface area contributed by atoms with Gasteiger partial charge in [-0.15, -0.1) is 11.3 Å². The van der Waals surface area contributed by atoms with Crippen molar-refractivity contribution in [3.05, 3.63) is 20.8 Å². The minimum Gasteiger partial charge on any atom is -0.195 e. The van der Waals surface area contributed by atoms with Gasteiger partial charge in [0.25, 0.3) is 10.2 Å². The van der Waals surface area contributed by atoms with Gasteiger partial charge in [-0.3, -0.25) is 0 Å². The molecule has 2 rings (SSSR count). The molecule has 0 amide bonds. The highest BCUT2D eigenvalue weighted by molar-refractivity contribution is 9.11. The third-order valence-electron chi connectivity index (χ3n) is 3.04. The molecule has 0 radical (unpaired) electrons. The van der Waals surface area contributed by atoms with E-state index in [4.69, 9.17) is 0 Å². The largest absolute Gasteiger partial charge is 0.282 e. The molecule has 0 saturated carbocycles. The van der Waals surface area contributed by atoms with E-state index in [-0.39, 0.29) is 0 Å². The standard InChI is InChI=1S/C11H17BrN2O2S2/c1-13(9-10-5-6-11(12)17-10)18(15,16)14-7-3-2-4-8-14/h5-6H,2-4,7-9H2,1H3. The first kappa shape index (κ1) is 14.5. The van der Waals surface area contributed by atoms with Crippen LogP contribution >= 0.6 is 27.3 Å². The summed E-state index contributed by atoms with van der Waals surface area (Å²) in [5, 5.41) is 0. The molecular weight excluding hydrogens is 336 g/mol. The van der Waals surface area contributed by atoms with E-state index in [1.165, 1.54) is 4.31 Å². The zero-order valence-electron chi connectivity index (χ0n) is 10.3.